The van der Waals surface area contributed by atoms with Crippen molar-refractivity contribution in [3.05, 3.63) is 17.7 Å². The van der Waals surface area contributed by atoms with Crippen molar-refractivity contribution in [1.29, 1.82) is 0 Å². The molecule has 1 heterocycles. The van der Waals surface area contributed by atoms with E-state index >= 15 is 0 Å². The van der Waals surface area contributed by atoms with Crippen LogP contribution in [0.4, 0.5) is 17.1 Å². The van der Waals surface area contributed by atoms with E-state index < -0.39 is 0 Å². The first kappa shape index (κ1) is 13.0. The molecular weight excluding hydrogens is 262 g/mol. The number of hydrogen-bond donors (Lipinski definition) is 3. The third kappa shape index (κ3) is 2.71. The average molecular weight is 285 g/mol. The molecule has 1 aromatic carbocycles. The summed E-state index contributed by atoms with van der Waals surface area (Å²) in [5.41, 5.74) is 10.0. The highest BCUT2D eigenvalue weighted by atomic mass is 16.1. The van der Waals surface area contributed by atoms with Crippen LogP contribution in [0.25, 0.3) is 0 Å². The molecule has 0 aromatic heterocycles. The summed E-state index contributed by atoms with van der Waals surface area (Å²) in [4.78, 5) is 11.4. The highest BCUT2D eigenvalue weighted by Crippen LogP contribution is 2.49. The summed E-state index contributed by atoms with van der Waals surface area (Å²) < 4.78 is 0. The fraction of sp³-hybridized carbons (Fsp3) is 0.588. The second-order valence-corrected chi connectivity index (χ2v) is 6.86. The van der Waals surface area contributed by atoms with E-state index in [2.05, 4.69) is 16.7 Å². The van der Waals surface area contributed by atoms with Crippen molar-refractivity contribution in [2.45, 2.75) is 38.5 Å². The zero-order valence-corrected chi connectivity index (χ0v) is 12.3. The predicted octanol–water partition coefficient (Wildman–Crippen LogP) is 3.00. The first-order valence-corrected chi connectivity index (χ1v) is 8.17. The highest BCUT2D eigenvalue weighted by molar-refractivity contribution is 5.95. The SMILES string of the molecule is Nc1cc2c(cc1NCC(C1CC1)C1CC1)CCC(=O)N2. The summed E-state index contributed by atoms with van der Waals surface area (Å²) in [6.07, 6.45) is 7.03. The summed E-state index contributed by atoms with van der Waals surface area (Å²) in [6, 6.07) is 4.03. The third-order valence-electron chi connectivity index (χ3n) is 5.15. The van der Waals surface area contributed by atoms with E-state index in [0.717, 1.165) is 47.8 Å². The van der Waals surface area contributed by atoms with Crippen molar-refractivity contribution in [2.75, 3.05) is 22.9 Å². The number of anilines is 3. The Hall–Kier alpha value is -1.71. The summed E-state index contributed by atoms with van der Waals surface area (Å²) in [6.45, 7) is 1.05. The molecule has 2 fully saturated rings. The van der Waals surface area contributed by atoms with Crippen molar-refractivity contribution in [1.82, 2.24) is 0 Å². The summed E-state index contributed by atoms with van der Waals surface area (Å²) in [7, 11) is 0. The zero-order valence-electron chi connectivity index (χ0n) is 12.3. The Morgan fingerprint density at radius 2 is 1.90 bits per heavy atom. The van der Waals surface area contributed by atoms with E-state index in [1.807, 2.05) is 6.07 Å². The lowest BCUT2D eigenvalue weighted by Gasteiger charge is -2.22. The second-order valence-electron chi connectivity index (χ2n) is 6.86. The van der Waals surface area contributed by atoms with Crippen LogP contribution in [0.2, 0.25) is 0 Å². The quantitative estimate of drug-likeness (QED) is 0.729. The Bertz CT molecular complexity index is 564. The highest BCUT2D eigenvalue weighted by Gasteiger charge is 2.41. The van der Waals surface area contributed by atoms with Gasteiger partial charge in [0, 0.05) is 18.7 Å². The minimum Gasteiger partial charge on any atom is -0.397 e. The molecule has 0 spiro atoms. The molecule has 1 aliphatic heterocycles. The van der Waals surface area contributed by atoms with Gasteiger partial charge in [-0.2, -0.15) is 0 Å². The van der Waals surface area contributed by atoms with Crippen LogP contribution in [0.1, 0.15) is 37.7 Å². The van der Waals surface area contributed by atoms with Crippen molar-refractivity contribution >= 4 is 23.0 Å². The van der Waals surface area contributed by atoms with E-state index in [4.69, 9.17) is 5.73 Å². The fourth-order valence-electron chi connectivity index (χ4n) is 3.59. The second kappa shape index (κ2) is 4.93. The van der Waals surface area contributed by atoms with Crippen molar-refractivity contribution < 1.29 is 4.79 Å². The van der Waals surface area contributed by atoms with Gasteiger partial charge in [-0.05, 0) is 67.6 Å². The smallest absolute Gasteiger partial charge is 0.224 e. The molecule has 2 saturated carbocycles. The van der Waals surface area contributed by atoms with Crippen LogP contribution in [0.5, 0.6) is 0 Å². The number of nitrogens with one attached hydrogen (secondary N) is 2. The molecule has 4 N–H and O–H groups in total. The molecule has 1 aromatic rings. The van der Waals surface area contributed by atoms with Crippen molar-refractivity contribution in [3.63, 3.8) is 0 Å². The molecule has 0 atom stereocenters. The van der Waals surface area contributed by atoms with Gasteiger partial charge >= 0.3 is 0 Å². The molecule has 0 bridgehead atoms. The standard InChI is InChI=1S/C17H23N3O/c18-14-8-15-12(5-6-17(21)20-15)7-16(14)19-9-13(10-1-2-10)11-3-4-11/h7-8,10-11,13,19H,1-6,9,18H2,(H,20,21). The van der Waals surface area contributed by atoms with Gasteiger partial charge in [0.25, 0.3) is 0 Å². The molecule has 21 heavy (non-hydrogen) atoms. The number of benzene rings is 1. The maximum Gasteiger partial charge on any atom is 0.224 e. The number of fused-ring (bicyclic) bond motifs is 1. The number of carbonyl (C=O) groups excluding carboxylic acids is 1. The van der Waals surface area contributed by atoms with Gasteiger partial charge in [-0.3, -0.25) is 4.79 Å². The maximum absolute atomic E-state index is 11.4. The molecule has 3 aliphatic rings. The molecule has 0 radical (unpaired) electrons. The number of nitrogen functional groups attached to an aromatic ring is 1. The molecule has 4 nitrogen and oxygen atoms in total. The van der Waals surface area contributed by atoms with Crippen molar-refractivity contribution in [2.24, 2.45) is 17.8 Å². The predicted molar refractivity (Wildman–Crippen MR) is 85.2 cm³/mol. The molecule has 4 heteroatoms. The summed E-state index contributed by atoms with van der Waals surface area (Å²) in [5.74, 6) is 2.82. The van der Waals surface area contributed by atoms with E-state index in [-0.39, 0.29) is 5.91 Å². The van der Waals surface area contributed by atoms with Gasteiger partial charge in [-0.25, -0.2) is 0 Å². The lowest BCUT2D eigenvalue weighted by Crippen LogP contribution is -2.21. The summed E-state index contributed by atoms with van der Waals surface area (Å²) in [5, 5.41) is 6.48. The number of aryl methyl sites for hydroxylation is 1. The Labute approximate surface area is 125 Å². The van der Waals surface area contributed by atoms with Gasteiger partial charge in [0.15, 0.2) is 0 Å². The zero-order chi connectivity index (χ0) is 14.4. The molecular formula is C17H23N3O. The lowest BCUT2D eigenvalue weighted by atomic mass is 9.97. The minimum atomic E-state index is 0.0881. The molecule has 1 amide bonds. The van der Waals surface area contributed by atoms with Crippen LogP contribution in [0.3, 0.4) is 0 Å². The maximum atomic E-state index is 11.4. The number of carbonyl (C=O) groups is 1. The Balaban J connectivity index is 1.48. The van der Waals surface area contributed by atoms with Crippen LogP contribution in [0.15, 0.2) is 12.1 Å². The normalized spacial score (nSPS) is 21.1. The monoisotopic (exact) mass is 285 g/mol. The van der Waals surface area contributed by atoms with E-state index in [1.165, 1.54) is 31.2 Å². The first-order valence-electron chi connectivity index (χ1n) is 8.17. The average Bonchev–Trinajstić information content (AvgIpc) is 3.34. The molecule has 4 rings (SSSR count). The largest absolute Gasteiger partial charge is 0.397 e. The molecule has 0 saturated heterocycles. The van der Waals surface area contributed by atoms with Crippen LogP contribution in [0, 0.1) is 17.8 Å². The Kier molecular flexibility index (Phi) is 3.05. The molecule has 112 valence electrons. The van der Waals surface area contributed by atoms with Gasteiger partial charge in [0.2, 0.25) is 5.91 Å². The van der Waals surface area contributed by atoms with Gasteiger partial charge in [0.1, 0.15) is 0 Å². The first-order chi connectivity index (χ1) is 10.2. The van der Waals surface area contributed by atoms with E-state index in [1.54, 1.807) is 0 Å². The number of hydrogen-bond acceptors (Lipinski definition) is 3. The van der Waals surface area contributed by atoms with E-state index in [0.29, 0.717) is 6.42 Å². The van der Waals surface area contributed by atoms with Gasteiger partial charge in [0.05, 0.1) is 11.4 Å². The number of amides is 1. The van der Waals surface area contributed by atoms with Gasteiger partial charge in [-0.15, -0.1) is 0 Å². The van der Waals surface area contributed by atoms with Gasteiger partial charge < -0.3 is 16.4 Å². The summed E-state index contributed by atoms with van der Waals surface area (Å²) >= 11 is 0. The van der Waals surface area contributed by atoms with Crippen LogP contribution in [-0.4, -0.2) is 12.5 Å². The fourth-order valence-corrected chi connectivity index (χ4v) is 3.59. The van der Waals surface area contributed by atoms with Crippen LogP contribution >= 0.6 is 0 Å². The van der Waals surface area contributed by atoms with Gasteiger partial charge in [-0.1, -0.05) is 0 Å². The Morgan fingerprint density at radius 1 is 1.19 bits per heavy atom. The number of rotatable bonds is 5. The van der Waals surface area contributed by atoms with E-state index in [9.17, 15) is 4.79 Å². The molecule has 2 aliphatic carbocycles. The Morgan fingerprint density at radius 3 is 2.57 bits per heavy atom. The third-order valence-corrected chi connectivity index (χ3v) is 5.15. The lowest BCUT2D eigenvalue weighted by molar-refractivity contribution is -0.116. The minimum absolute atomic E-state index is 0.0881. The van der Waals surface area contributed by atoms with Crippen LogP contribution in [-0.2, 0) is 11.2 Å². The van der Waals surface area contributed by atoms with Crippen LogP contribution < -0.4 is 16.4 Å². The number of nitrogens with two attached hydrogens (primary N) is 1. The molecule has 0 unspecified atom stereocenters. The van der Waals surface area contributed by atoms with Crippen molar-refractivity contribution in [3.8, 4) is 0 Å². The topological polar surface area (TPSA) is 67.1 Å².